The summed E-state index contributed by atoms with van der Waals surface area (Å²) in [4.78, 5) is 12.3. The minimum atomic E-state index is -0.425. The van der Waals surface area contributed by atoms with Crippen molar-refractivity contribution in [1.82, 2.24) is 29.8 Å². The van der Waals surface area contributed by atoms with Gasteiger partial charge in [0, 0.05) is 26.1 Å². The van der Waals surface area contributed by atoms with Crippen LogP contribution in [0.2, 0.25) is 0 Å². The number of anilines is 2. The lowest BCUT2D eigenvalue weighted by atomic mass is 9.85. The van der Waals surface area contributed by atoms with E-state index in [1.54, 1.807) is 0 Å². The molecule has 0 unspecified atom stereocenters. The third kappa shape index (κ3) is 2.46. The molecule has 0 amide bonds. The smallest absolute Gasteiger partial charge is 0.225 e. The Hall–Kier alpha value is -2.84. The number of halogens is 1. The minimum absolute atomic E-state index is 0.268. The Morgan fingerprint density at radius 2 is 1.88 bits per heavy atom. The molecule has 0 aromatic carbocycles. The zero-order valence-electron chi connectivity index (χ0n) is 14.5. The monoisotopic (exact) mass is 354 g/mol. The number of aromatic nitrogens is 6. The van der Waals surface area contributed by atoms with Crippen molar-refractivity contribution >= 4 is 17.4 Å². The van der Waals surface area contributed by atoms with Gasteiger partial charge in [-0.2, -0.15) is 4.52 Å². The highest BCUT2D eigenvalue weighted by Crippen LogP contribution is 2.35. The Balaban J connectivity index is 1.31. The fourth-order valence-electron chi connectivity index (χ4n) is 3.42. The van der Waals surface area contributed by atoms with Crippen LogP contribution in [0.3, 0.4) is 0 Å². The van der Waals surface area contributed by atoms with Crippen molar-refractivity contribution in [2.24, 2.45) is 0 Å². The van der Waals surface area contributed by atoms with Crippen molar-refractivity contribution in [2.75, 3.05) is 29.9 Å². The highest BCUT2D eigenvalue weighted by atomic mass is 19.1. The molecule has 0 radical (unpaired) electrons. The SMILES string of the molecule is CN(c1ncc(F)cn1)C1CN(c2ccc3nnc(C4CCC4)n3n2)C1. The van der Waals surface area contributed by atoms with Crippen LogP contribution in [-0.2, 0) is 0 Å². The average Bonchev–Trinajstić information content (AvgIpc) is 2.96. The van der Waals surface area contributed by atoms with Gasteiger partial charge in [0.1, 0.15) is 5.82 Å². The summed E-state index contributed by atoms with van der Waals surface area (Å²) < 4.78 is 14.9. The van der Waals surface area contributed by atoms with E-state index in [9.17, 15) is 4.39 Å². The van der Waals surface area contributed by atoms with Gasteiger partial charge >= 0.3 is 0 Å². The van der Waals surface area contributed by atoms with Crippen LogP contribution in [0.1, 0.15) is 31.0 Å². The molecule has 3 aromatic rings. The van der Waals surface area contributed by atoms with Gasteiger partial charge in [-0.3, -0.25) is 0 Å². The molecular formula is C17H19FN8. The number of likely N-dealkylation sites (N-methyl/N-ethyl adjacent to an activating group) is 1. The second kappa shape index (κ2) is 5.86. The zero-order chi connectivity index (χ0) is 17.7. The third-order valence-electron chi connectivity index (χ3n) is 5.40. The maximum Gasteiger partial charge on any atom is 0.225 e. The molecule has 8 nitrogen and oxygen atoms in total. The van der Waals surface area contributed by atoms with Crippen LogP contribution in [0.5, 0.6) is 0 Å². The van der Waals surface area contributed by atoms with Gasteiger partial charge in [0.05, 0.1) is 18.4 Å². The number of fused-ring (bicyclic) bond motifs is 1. The van der Waals surface area contributed by atoms with Crippen molar-refractivity contribution in [1.29, 1.82) is 0 Å². The standard InChI is InChI=1S/C17H19FN8/c1-24(17-19-7-12(18)8-20-17)13-9-25(10-13)15-6-5-14-21-22-16(26(14)23-15)11-3-2-4-11/h5-8,11,13H,2-4,9-10H2,1H3. The van der Waals surface area contributed by atoms with Crippen LogP contribution < -0.4 is 9.80 Å². The summed E-state index contributed by atoms with van der Waals surface area (Å²) in [5.41, 5.74) is 0.796. The summed E-state index contributed by atoms with van der Waals surface area (Å²) in [6.07, 6.45) is 5.98. The van der Waals surface area contributed by atoms with Crippen molar-refractivity contribution < 1.29 is 4.39 Å². The summed E-state index contributed by atoms with van der Waals surface area (Å²) in [6.45, 7) is 1.63. The molecule has 0 bridgehead atoms. The lowest BCUT2D eigenvalue weighted by Crippen LogP contribution is -2.59. The molecule has 4 heterocycles. The van der Waals surface area contributed by atoms with E-state index < -0.39 is 5.82 Å². The second-order valence-electron chi connectivity index (χ2n) is 7.02. The predicted molar refractivity (Wildman–Crippen MR) is 93.8 cm³/mol. The van der Waals surface area contributed by atoms with E-state index in [1.807, 2.05) is 28.6 Å². The van der Waals surface area contributed by atoms with Gasteiger partial charge in [-0.1, -0.05) is 6.42 Å². The molecule has 2 fully saturated rings. The van der Waals surface area contributed by atoms with Crippen molar-refractivity contribution in [3.63, 3.8) is 0 Å². The van der Waals surface area contributed by atoms with Crippen molar-refractivity contribution in [2.45, 2.75) is 31.2 Å². The summed E-state index contributed by atoms with van der Waals surface area (Å²) in [7, 11) is 1.93. The fourth-order valence-corrected chi connectivity index (χ4v) is 3.42. The molecule has 1 aliphatic heterocycles. The van der Waals surface area contributed by atoms with Crippen molar-refractivity contribution in [3.05, 3.63) is 36.2 Å². The number of nitrogens with zero attached hydrogens (tertiary/aromatic N) is 8. The molecule has 3 aromatic heterocycles. The maximum atomic E-state index is 13.0. The molecule has 0 spiro atoms. The van der Waals surface area contributed by atoms with E-state index in [-0.39, 0.29) is 6.04 Å². The lowest BCUT2D eigenvalue weighted by molar-refractivity contribution is 0.394. The average molecular weight is 354 g/mol. The Morgan fingerprint density at radius 1 is 1.12 bits per heavy atom. The summed E-state index contributed by atoms with van der Waals surface area (Å²) in [6, 6.07) is 4.22. The topological polar surface area (TPSA) is 75.3 Å². The number of rotatable bonds is 4. The van der Waals surface area contributed by atoms with E-state index in [2.05, 4.69) is 25.1 Å². The van der Waals surface area contributed by atoms with Crippen molar-refractivity contribution in [3.8, 4) is 0 Å². The molecule has 134 valence electrons. The predicted octanol–water partition coefficient (Wildman–Crippen LogP) is 1.65. The molecule has 0 N–H and O–H groups in total. The number of hydrogen-bond acceptors (Lipinski definition) is 7. The maximum absolute atomic E-state index is 13.0. The van der Waals surface area contributed by atoms with E-state index in [0.717, 1.165) is 30.4 Å². The van der Waals surface area contributed by atoms with Gasteiger partial charge in [0.15, 0.2) is 17.3 Å². The van der Waals surface area contributed by atoms with Gasteiger partial charge in [-0.05, 0) is 25.0 Å². The molecule has 1 saturated carbocycles. The molecule has 1 aliphatic carbocycles. The highest BCUT2D eigenvalue weighted by molar-refractivity contribution is 5.50. The fraction of sp³-hybridized carbons (Fsp3) is 0.471. The largest absolute Gasteiger partial charge is 0.351 e. The van der Waals surface area contributed by atoms with E-state index in [0.29, 0.717) is 11.9 Å². The van der Waals surface area contributed by atoms with Crippen LogP contribution in [0.15, 0.2) is 24.5 Å². The van der Waals surface area contributed by atoms with E-state index in [4.69, 9.17) is 5.10 Å². The van der Waals surface area contributed by atoms with Gasteiger partial charge in [0.2, 0.25) is 5.95 Å². The second-order valence-corrected chi connectivity index (χ2v) is 7.02. The Labute approximate surface area is 149 Å². The molecule has 0 atom stereocenters. The van der Waals surface area contributed by atoms with Gasteiger partial charge < -0.3 is 9.80 Å². The Bertz CT molecular complexity index is 930. The zero-order valence-corrected chi connectivity index (χ0v) is 14.5. The normalized spacial score (nSPS) is 18.0. The first-order valence-corrected chi connectivity index (χ1v) is 8.87. The molecule has 1 saturated heterocycles. The highest BCUT2D eigenvalue weighted by Gasteiger charge is 2.33. The molecular weight excluding hydrogens is 335 g/mol. The minimum Gasteiger partial charge on any atom is -0.351 e. The van der Waals surface area contributed by atoms with Crippen LogP contribution >= 0.6 is 0 Å². The van der Waals surface area contributed by atoms with Crippen LogP contribution in [0.25, 0.3) is 5.65 Å². The van der Waals surface area contributed by atoms with E-state index >= 15 is 0 Å². The quantitative estimate of drug-likeness (QED) is 0.705. The van der Waals surface area contributed by atoms with Crippen LogP contribution in [-0.4, -0.2) is 56.0 Å². The summed E-state index contributed by atoms with van der Waals surface area (Å²) in [5, 5.41) is 13.3. The Kier molecular flexibility index (Phi) is 3.47. The number of hydrogen-bond donors (Lipinski definition) is 0. The lowest BCUT2D eigenvalue weighted by Gasteiger charge is -2.44. The summed E-state index contributed by atoms with van der Waals surface area (Å²) in [5.74, 6) is 2.49. The first-order chi connectivity index (χ1) is 12.7. The molecule has 5 rings (SSSR count). The van der Waals surface area contributed by atoms with Gasteiger partial charge in [0.25, 0.3) is 0 Å². The molecule has 2 aliphatic rings. The molecule has 26 heavy (non-hydrogen) atoms. The van der Waals surface area contributed by atoms with Gasteiger partial charge in [-0.15, -0.1) is 15.3 Å². The summed E-state index contributed by atoms with van der Waals surface area (Å²) >= 11 is 0. The Morgan fingerprint density at radius 3 is 2.58 bits per heavy atom. The van der Waals surface area contributed by atoms with Crippen LogP contribution in [0, 0.1) is 5.82 Å². The van der Waals surface area contributed by atoms with E-state index in [1.165, 1.54) is 31.7 Å². The van der Waals surface area contributed by atoms with Gasteiger partial charge in [-0.25, -0.2) is 14.4 Å². The molecule has 9 heteroatoms. The third-order valence-corrected chi connectivity index (χ3v) is 5.40. The first kappa shape index (κ1) is 15.4. The van der Waals surface area contributed by atoms with Crippen LogP contribution in [0.4, 0.5) is 16.2 Å². The first-order valence-electron chi connectivity index (χ1n) is 8.87.